The van der Waals surface area contributed by atoms with E-state index in [0.29, 0.717) is 29.0 Å². The summed E-state index contributed by atoms with van der Waals surface area (Å²) in [6.45, 7) is 0.384. The Morgan fingerprint density at radius 1 is 0.754 bits per heavy atom. The molecule has 5 aromatic carbocycles. The molecular weight excluding hydrogens is 779 g/mol. The van der Waals surface area contributed by atoms with Gasteiger partial charge in [-0.3, -0.25) is 19.3 Å². The number of phenols is 1. The number of esters is 1. The van der Waals surface area contributed by atoms with Gasteiger partial charge in [-0.15, -0.1) is 0 Å². The van der Waals surface area contributed by atoms with Crippen LogP contribution in [0.5, 0.6) is 17.2 Å². The number of anilines is 1. The lowest BCUT2D eigenvalue weighted by molar-refractivity contribution is -0.179. The van der Waals surface area contributed by atoms with Crippen molar-refractivity contribution in [1.29, 1.82) is 0 Å². The van der Waals surface area contributed by atoms with Crippen molar-refractivity contribution in [2.45, 2.75) is 42.6 Å². The number of amides is 3. The zero-order valence-corrected chi connectivity index (χ0v) is 33.9. The number of morpholine rings is 1. The molecule has 13 nitrogen and oxygen atoms in total. The third-order valence-corrected chi connectivity index (χ3v) is 12.6. The van der Waals surface area contributed by atoms with Gasteiger partial charge in [0.05, 0.1) is 44.5 Å². The van der Waals surface area contributed by atoms with Gasteiger partial charge in [0.2, 0.25) is 11.8 Å². The first-order chi connectivity index (χ1) is 29.7. The maximum Gasteiger partial charge on any atom is 0.421 e. The monoisotopic (exact) mass is 823 g/mol. The van der Waals surface area contributed by atoms with E-state index in [2.05, 4.69) is 0 Å². The maximum atomic E-state index is 16.1. The number of methoxy groups -OCH3 is 3. The zero-order chi connectivity index (χ0) is 42.4. The Bertz CT molecular complexity index is 2480. The van der Waals surface area contributed by atoms with Crippen LogP contribution in [0.15, 0.2) is 121 Å². The van der Waals surface area contributed by atoms with Gasteiger partial charge in [-0.05, 0) is 70.1 Å². The molecule has 6 atom stereocenters. The van der Waals surface area contributed by atoms with Gasteiger partial charge in [-0.2, -0.15) is 0 Å². The number of aromatic hydroxyl groups is 1. The fourth-order valence-corrected chi connectivity index (χ4v) is 10.0. The van der Waals surface area contributed by atoms with E-state index in [-0.39, 0.29) is 37.7 Å². The lowest BCUT2D eigenvalue weighted by Crippen LogP contribution is -2.57. The molecule has 4 heterocycles. The summed E-state index contributed by atoms with van der Waals surface area (Å²) >= 11 is 0. The molecule has 2 saturated heterocycles. The molecule has 312 valence electrons. The second-order valence-electron chi connectivity index (χ2n) is 15.6. The van der Waals surface area contributed by atoms with Crippen LogP contribution in [0.25, 0.3) is 0 Å². The average molecular weight is 824 g/mol. The molecule has 0 aliphatic carbocycles. The minimum absolute atomic E-state index is 0.0136. The summed E-state index contributed by atoms with van der Waals surface area (Å²) in [4.78, 5) is 66.2. The molecule has 2 fully saturated rings. The van der Waals surface area contributed by atoms with E-state index in [4.69, 9.17) is 23.7 Å². The van der Waals surface area contributed by atoms with E-state index in [0.717, 1.165) is 27.2 Å². The van der Waals surface area contributed by atoms with Gasteiger partial charge in [-0.25, -0.2) is 9.69 Å². The predicted octanol–water partition coefficient (Wildman–Crippen LogP) is 6.44. The van der Waals surface area contributed by atoms with E-state index < -0.39 is 59.4 Å². The Labute approximate surface area is 352 Å². The van der Waals surface area contributed by atoms with Crippen LogP contribution in [0.2, 0.25) is 0 Å². The Morgan fingerprint density at radius 2 is 1.39 bits per heavy atom. The van der Waals surface area contributed by atoms with Crippen molar-refractivity contribution in [2.75, 3.05) is 46.0 Å². The van der Waals surface area contributed by atoms with Crippen molar-refractivity contribution in [1.82, 2.24) is 9.80 Å². The van der Waals surface area contributed by atoms with Crippen LogP contribution in [0.3, 0.4) is 0 Å². The van der Waals surface area contributed by atoms with E-state index in [9.17, 15) is 9.90 Å². The summed E-state index contributed by atoms with van der Waals surface area (Å²) in [5.74, 6) is -2.23. The van der Waals surface area contributed by atoms with E-state index >= 15 is 14.4 Å². The minimum Gasteiger partial charge on any atom is -0.508 e. The quantitative estimate of drug-likeness (QED) is 0.130. The zero-order valence-electron chi connectivity index (χ0n) is 33.9. The van der Waals surface area contributed by atoms with Gasteiger partial charge in [0.15, 0.2) is 11.5 Å². The minimum atomic E-state index is -1.91. The van der Waals surface area contributed by atoms with E-state index in [1.165, 1.54) is 19.2 Å². The number of phenolic OH excluding ortho intramolecular Hbond substituents is 1. The number of carbonyl (C=O) groups excluding carboxylic acids is 4. The van der Waals surface area contributed by atoms with Crippen molar-refractivity contribution >= 4 is 29.6 Å². The molecule has 9 rings (SSSR count). The molecule has 0 saturated carbocycles. The molecule has 4 aliphatic heterocycles. The molecule has 0 bridgehead atoms. The Kier molecular flexibility index (Phi) is 10.5. The molecule has 0 aromatic heterocycles. The number of cyclic esters (lactones) is 1. The van der Waals surface area contributed by atoms with Crippen molar-refractivity contribution in [3.05, 3.63) is 155 Å². The first-order valence-electron chi connectivity index (χ1n) is 20.2. The average Bonchev–Trinajstić information content (AvgIpc) is 3.75. The second-order valence-corrected chi connectivity index (χ2v) is 15.6. The molecule has 13 heteroatoms. The number of imide groups is 1. The summed E-state index contributed by atoms with van der Waals surface area (Å²) in [5, 5.41) is 10.6. The molecule has 1 spiro atoms. The Hall–Kier alpha value is -6.70. The van der Waals surface area contributed by atoms with E-state index in [1.54, 1.807) is 55.5 Å². The summed E-state index contributed by atoms with van der Waals surface area (Å²) < 4.78 is 28.6. The number of hydrogen-bond donors (Lipinski definition) is 1. The fraction of sp³-hybridized carbons (Fsp3) is 0.292. The summed E-state index contributed by atoms with van der Waals surface area (Å²) in [6, 6.07) is 32.9. The molecule has 0 unspecified atom stereocenters. The highest BCUT2D eigenvalue weighted by atomic mass is 16.6. The standard InChI is InChI=1S/C48H45N3O10/c1-57-24-25-60-47(56)50-36-17-11-10-16-35(36)48(46(50)55)39(44(53)49-23-22-32-26-37(58-2)38(59-3)27-33(32)28-49)41-45(54)61-42(30-14-8-5-9-15-30)40(29-12-6-4-7-13-29)51(41)43(48)31-18-20-34(52)21-19-31/h4-21,26-27,39-43,52H,22-25,28H2,1-3H3/t39-,40-,41-,42+,43+,48-/m0/s1. The van der Waals surface area contributed by atoms with Crippen LogP contribution in [-0.4, -0.2) is 85.9 Å². The van der Waals surface area contributed by atoms with Gasteiger partial charge in [0.25, 0.3) is 0 Å². The summed E-state index contributed by atoms with van der Waals surface area (Å²) in [5.41, 5.74) is 2.55. The first kappa shape index (κ1) is 39.7. The highest BCUT2D eigenvalue weighted by Crippen LogP contribution is 2.66. The van der Waals surface area contributed by atoms with Gasteiger partial charge in [-0.1, -0.05) is 91.0 Å². The molecule has 4 aliphatic rings. The van der Waals surface area contributed by atoms with Crippen LogP contribution in [0, 0.1) is 5.92 Å². The molecule has 1 N–H and O–H groups in total. The van der Waals surface area contributed by atoms with Crippen LogP contribution >= 0.6 is 0 Å². The number of nitrogens with zero attached hydrogens (tertiary/aromatic N) is 3. The third-order valence-electron chi connectivity index (χ3n) is 12.6. The highest BCUT2D eigenvalue weighted by Gasteiger charge is 2.76. The lowest BCUT2D eigenvalue weighted by atomic mass is 9.65. The van der Waals surface area contributed by atoms with Gasteiger partial charge >= 0.3 is 12.1 Å². The predicted molar refractivity (Wildman–Crippen MR) is 222 cm³/mol. The molecule has 3 amide bonds. The third kappa shape index (κ3) is 6.38. The topological polar surface area (TPSA) is 144 Å². The maximum absolute atomic E-state index is 16.1. The van der Waals surface area contributed by atoms with Gasteiger partial charge in [0.1, 0.15) is 29.9 Å². The number of benzene rings is 5. The van der Waals surface area contributed by atoms with Crippen LogP contribution in [-0.2, 0) is 47.0 Å². The van der Waals surface area contributed by atoms with Crippen LogP contribution in [0.4, 0.5) is 10.5 Å². The van der Waals surface area contributed by atoms with Gasteiger partial charge in [0, 0.05) is 20.2 Å². The van der Waals surface area contributed by atoms with E-state index in [1.807, 2.05) is 77.7 Å². The Balaban J connectivity index is 1.30. The number of hydrogen-bond acceptors (Lipinski definition) is 11. The van der Waals surface area contributed by atoms with Crippen molar-refractivity contribution in [2.24, 2.45) is 5.92 Å². The summed E-state index contributed by atoms with van der Waals surface area (Å²) in [7, 11) is 4.59. The second kappa shape index (κ2) is 16.1. The van der Waals surface area contributed by atoms with Crippen molar-refractivity contribution in [3.63, 3.8) is 0 Å². The first-order valence-corrected chi connectivity index (χ1v) is 20.2. The molecule has 0 radical (unpaired) electrons. The van der Waals surface area contributed by atoms with Crippen LogP contribution < -0.4 is 14.4 Å². The van der Waals surface area contributed by atoms with Crippen LogP contribution in [0.1, 0.15) is 51.6 Å². The number of carbonyl (C=O) groups is 4. The number of fused-ring (bicyclic) bond motifs is 4. The molecular formula is C48H45N3O10. The number of ether oxygens (including phenoxy) is 5. The Morgan fingerprint density at radius 3 is 2.07 bits per heavy atom. The lowest BCUT2D eigenvalue weighted by Gasteiger charge is -2.46. The molecule has 5 aromatic rings. The molecule has 61 heavy (non-hydrogen) atoms. The smallest absolute Gasteiger partial charge is 0.421 e. The van der Waals surface area contributed by atoms with Gasteiger partial charge < -0.3 is 33.7 Å². The highest BCUT2D eigenvalue weighted by molar-refractivity contribution is 6.23. The summed E-state index contributed by atoms with van der Waals surface area (Å²) in [6.07, 6.45) is -1.35. The van der Waals surface area contributed by atoms with Crippen molar-refractivity contribution in [3.8, 4) is 17.2 Å². The van der Waals surface area contributed by atoms with Crippen molar-refractivity contribution < 1.29 is 48.0 Å². The normalized spacial score (nSPS) is 24.1. The fourth-order valence-electron chi connectivity index (χ4n) is 10.0. The number of para-hydroxylation sites is 1. The largest absolute Gasteiger partial charge is 0.508 e. The number of rotatable bonds is 9. The SMILES string of the molecule is COCCOC(=O)N1C(=O)[C@@]2(c3ccccc31)[C@H](C(=O)N1CCc3cc(OC)c(OC)cc3C1)[C@H]1C(=O)O[C@H](c3ccccc3)[C@H](c3ccccc3)N1[C@@H]2c1ccc(O)cc1.